The Bertz CT molecular complexity index is 4350. The molecule has 0 radical (unpaired) electrons. The molecular formula is C106H153NO31. The van der Waals surface area contributed by atoms with Gasteiger partial charge in [-0.3, -0.25) is 9.59 Å². The number of methoxy groups -OCH3 is 1. The van der Waals surface area contributed by atoms with E-state index in [0.717, 1.165) is 220 Å². The van der Waals surface area contributed by atoms with E-state index in [0.29, 0.717) is 117 Å². The summed E-state index contributed by atoms with van der Waals surface area (Å²) in [6.07, 6.45) is 26.7. The van der Waals surface area contributed by atoms with E-state index < -0.39 is 85.7 Å². The van der Waals surface area contributed by atoms with Crippen LogP contribution < -0.4 is 24.3 Å². The maximum atomic E-state index is 12.1. The van der Waals surface area contributed by atoms with E-state index in [9.17, 15) is 68.4 Å². The molecule has 4 saturated carbocycles. The first-order valence-corrected chi connectivity index (χ1v) is 50.7. The summed E-state index contributed by atoms with van der Waals surface area (Å²) in [5.74, 6) is -0.922. The van der Waals surface area contributed by atoms with Crippen molar-refractivity contribution in [3.05, 3.63) is 117 Å². The number of unbranched alkanes of at least 4 members (excludes halogenated alkanes) is 8. The lowest BCUT2D eigenvalue weighted by Crippen LogP contribution is -2.33. The Kier molecular flexibility index (Phi) is 47.1. The first-order chi connectivity index (χ1) is 66.4. The second kappa shape index (κ2) is 58.3. The monoisotopic (exact) mass is 1940 g/mol. The summed E-state index contributed by atoms with van der Waals surface area (Å²) in [5.41, 5.74) is 8.88. The van der Waals surface area contributed by atoms with Gasteiger partial charge in [0, 0.05) is 13.5 Å². The number of hydrogen-bond donors (Lipinski definition) is 11. The molecular weight excluding hydrogens is 1780 g/mol. The van der Waals surface area contributed by atoms with Crippen LogP contribution in [-0.2, 0) is 118 Å². The van der Waals surface area contributed by atoms with Crippen molar-refractivity contribution in [3.63, 3.8) is 0 Å². The van der Waals surface area contributed by atoms with Crippen LogP contribution in [0.2, 0.25) is 0 Å². The van der Waals surface area contributed by atoms with Crippen LogP contribution >= 0.6 is 0 Å². The standard InChI is InChI=1S/C27H40O8.C27H40O6.C26H37NO8.C26H36O9/c1-3-4-5-8-20(35-27(31)33-13-12-32-2)10-11-21-22-14-18-7-6-9-25(34-17-26(29)30)23(18)15-19(22)16-24(21)28;1-3-5-6-10-20(33-27(31)8-4-2)12-13-21-22-14-18-9-7-11-25(32-17-26(29)30)23(18)15-19(22)16-24(21)28;1-2-3-4-7-18(35-26(33)27-14-24(29)30)9-10-19-20-11-16-6-5-8-23(34-15-25(31)32)21(16)12-17(20)13-22(19)28;1-2-3-4-7-18(35-26(32)34-15-25(30)31)9-10-19-20-11-16-6-5-8-23(33-14-24(28)29)21(16)12-17(20)13-22(19)27/h6-7,9,19-22,24,28H,3-5,8,10-17H2,1-2H3,(H,29,30);7,9,11,19-22,24,28H,3-6,8,10,12-17H2,1-2H3,(H,29,30);5-6,8,17-20,22,28H,2-4,7,9-15H2,1H3,(H,27,33)(H,29,30)(H,31,32);5-6,8,17-20,22,27H,2-4,7,9-15H2,1H3,(H,28,29)(H,30,31)/t2*19-,20-,21+,22-,24+;2*17-,18-,19+,20-,22+/m0000/s1. The summed E-state index contributed by atoms with van der Waals surface area (Å²) >= 11 is 0. The Balaban J connectivity index is 0.000000206. The lowest BCUT2D eigenvalue weighted by atomic mass is 9.73. The molecule has 0 aliphatic heterocycles. The number of carbonyl (C=O) groups is 10. The molecule has 11 N–H and O–H groups in total. The van der Waals surface area contributed by atoms with Crippen molar-refractivity contribution in [1.82, 2.24) is 5.32 Å². The summed E-state index contributed by atoms with van der Waals surface area (Å²) in [7, 11) is 1.55. The van der Waals surface area contributed by atoms with Gasteiger partial charge >= 0.3 is 60.2 Å². The third-order valence-corrected chi connectivity index (χ3v) is 29.4. The van der Waals surface area contributed by atoms with Crippen LogP contribution in [0, 0.1) is 71.0 Å². The molecule has 768 valence electrons. The van der Waals surface area contributed by atoms with Gasteiger partial charge in [0.2, 0.25) is 0 Å². The zero-order valence-corrected chi connectivity index (χ0v) is 81.5. The summed E-state index contributed by atoms with van der Waals surface area (Å²) in [6, 6.07) is 23.1. The SMILES string of the molecule is CCCCC[C@@H](CC[C@@H]1[C@H]2Cc3cccc(OCC(=O)O)c3C[C@H]2C[C@H]1O)OC(=O)CCC.CCCCC[C@@H](CC[C@@H]1[C@H]2Cc3cccc(OCC(=O)O)c3C[C@H]2C[C@H]1O)OC(=O)NCC(=O)O.CCCCC[C@@H](CC[C@@H]1[C@H]2Cc3cccc(OCC(=O)O)c3C[C@H]2C[C@H]1O)OC(=O)OCC(=O)O.CCCCC[C@@H](CC[C@@H]1[C@H]2Cc3cccc(OCC(=O)O)c3C[C@H]2C[C@H]1O)OC(=O)OCCOC. The molecule has 0 aromatic heterocycles. The molecule has 1 amide bonds. The molecule has 4 aromatic carbocycles. The number of esters is 1. The van der Waals surface area contributed by atoms with Gasteiger partial charge in [-0.25, -0.2) is 38.4 Å². The van der Waals surface area contributed by atoms with Gasteiger partial charge in [0.05, 0.1) is 31.0 Å². The topological polar surface area (TPSA) is 487 Å². The fourth-order valence-corrected chi connectivity index (χ4v) is 22.8. The van der Waals surface area contributed by atoms with Gasteiger partial charge < -0.3 is 108 Å². The number of carboxylic acid groups (broad SMARTS) is 6. The number of fused-ring (bicyclic) bond motifs is 8. The molecule has 12 rings (SSSR count). The number of benzene rings is 4. The number of carboxylic acids is 6. The number of carbonyl (C=O) groups excluding carboxylic acids is 4. The molecule has 0 heterocycles. The van der Waals surface area contributed by atoms with Crippen molar-refractivity contribution in [2.24, 2.45) is 71.0 Å². The molecule has 8 aliphatic rings. The van der Waals surface area contributed by atoms with Crippen LogP contribution in [0.25, 0.3) is 0 Å². The second-order valence-electron chi connectivity index (χ2n) is 38.9. The molecule has 4 fully saturated rings. The van der Waals surface area contributed by atoms with E-state index in [1.54, 1.807) is 19.2 Å². The fraction of sp³-hybridized carbons (Fsp3) is 0.679. The number of aliphatic carboxylic acids is 6. The number of ether oxygens (including phenoxy) is 11. The van der Waals surface area contributed by atoms with Gasteiger partial charge in [0.1, 0.15) is 60.6 Å². The number of aliphatic hydroxyl groups is 4. The van der Waals surface area contributed by atoms with Crippen LogP contribution in [0.3, 0.4) is 0 Å². The van der Waals surface area contributed by atoms with Crippen molar-refractivity contribution in [3.8, 4) is 23.0 Å². The van der Waals surface area contributed by atoms with E-state index in [1.807, 2.05) is 55.5 Å². The molecule has 8 aliphatic carbocycles. The van der Waals surface area contributed by atoms with E-state index in [1.165, 1.54) is 11.1 Å². The van der Waals surface area contributed by atoms with E-state index in [4.69, 9.17) is 78.0 Å². The predicted octanol–water partition coefficient (Wildman–Crippen LogP) is 16.6. The first-order valence-electron chi connectivity index (χ1n) is 50.7. The lowest BCUT2D eigenvalue weighted by molar-refractivity contribution is -0.150. The maximum Gasteiger partial charge on any atom is 0.509 e. The van der Waals surface area contributed by atoms with E-state index >= 15 is 0 Å². The Labute approximate surface area is 811 Å². The molecule has 0 bridgehead atoms. The zero-order valence-electron chi connectivity index (χ0n) is 81.5. The van der Waals surface area contributed by atoms with Crippen molar-refractivity contribution in [2.75, 3.05) is 59.9 Å². The average Bonchev–Trinajstić information content (AvgIpc) is 1.62. The number of hydrogen-bond acceptors (Lipinski definition) is 25. The fourth-order valence-electron chi connectivity index (χ4n) is 22.8. The molecule has 138 heavy (non-hydrogen) atoms. The largest absolute Gasteiger partial charge is 0.509 e. The van der Waals surface area contributed by atoms with Gasteiger partial charge in [-0.2, -0.15) is 0 Å². The Morgan fingerprint density at radius 2 is 0.623 bits per heavy atom. The quantitative estimate of drug-likeness (QED) is 0.0111. The van der Waals surface area contributed by atoms with Crippen molar-refractivity contribution in [2.45, 2.75) is 327 Å². The molecule has 32 heteroatoms. The van der Waals surface area contributed by atoms with Crippen LogP contribution in [0.5, 0.6) is 23.0 Å². The Morgan fingerprint density at radius 3 is 0.899 bits per heavy atom. The predicted molar refractivity (Wildman–Crippen MR) is 508 cm³/mol. The molecule has 4 aromatic rings. The third-order valence-electron chi connectivity index (χ3n) is 29.4. The molecule has 32 nitrogen and oxygen atoms in total. The minimum Gasteiger partial charge on any atom is -0.482 e. The summed E-state index contributed by atoms with van der Waals surface area (Å²) in [6.45, 7) is 8.31. The normalized spacial score (nSPS) is 23.9. The summed E-state index contributed by atoms with van der Waals surface area (Å²) < 4.78 is 59.1. The summed E-state index contributed by atoms with van der Waals surface area (Å²) in [4.78, 5) is 113. The highest BCUT2D eigenvalue weighted by molar-refractivity contribution is 5.76. The molecule has 20 atom stereocenters. The van der Waals surface area contributed by atoms with Crippen molar-refractivity contribution >= 4 is 60.2 Å². The van der Waals surface area contributed by atoms with Gasteiger partial charge in [0.25, 0.3) is 0 Å². The number of nitrogens with one attached hydrogen (secondary N) is 1. The van der Waals surface area contributed by atoms with Crippen LogP contribution in [0.15, 0.2) is 72.8 Å². The van der Waals surface area contributed by atoms with Gasteiger partial charge in [-0.1, -0.05) is 135 Å². The highest BCUT2D eigenvalue weighted by atomic mass is 16.7. The highest BCUT2D eigenvalue weighted by Gasteiger charge is 2.50. The van der Waals surface area contributed by atoms with Crippen LogP contribution in [0.1, 0.15) is 272 Å². The highest BCUT2D eigenvalue weighted by Crippen LogP contribution is 2.54. The number of amides is 1. The van der Waals surface area contributed by atoms with Crippen LogP contribution in [-0.4, -0.2) is 220 Å². The number of alkyl carbamates (subject to hydrolysis) is 1. The minimum atomic E-state index is -1.24. The maximum absolute atomic E-state index is 12.1. The Morgan fingerprint density at radius 1 is 0.333 bits per heavy atom. The van der Waals surface area contributed by atoms with Gasteiger partial charge in [-0.15, -0.1) is 0 Å². The van der Waals surface area contributed by atoms with Crippen molar-refractivity contribution < 1.29 is 151 Å². The molecule has 0 spiro atoms. The zero-order chi connectivity index (χ0) is 99.7. The molecule has 0 unspecified atom stereocenters. The lowest BCUT2D eigenvalue weighted by Gasteiger charge is -2.32. The summed E-state index contributed by atoms with van der Waals surface area (Å²) in [5, 5.41) is 99.2. The van der Waals surface area contributed by atoms with Gasteiger partial charge in [-0.05, 0) is 326 Å². The third kappa shape index (κ3) is 35.3. The van der Waals surface area contributed by atoms with Crippen molar-refractivity contribution in [1.29, 1.82) is 0 Å². The van der Waals surface area contributed by atoms with Gasteiger partial charge in [0.15, 0.2) is 33.0 Å². The smallest absolute Gasteiger partial charge is 0.482 e. The van der Waals surface area contributed by atoms with E-state index in [-0.39, 0.29) is 111 Å². The van der Waals surface area contributed by atoms with Crippen LogP contribution in [0.4, 0.5) is 14.4 Å². The number of aliphatic hydroxyl groups excluding tert-OH is 4. The number of rotatable bonds is 53. The molecule has 0 saturated heterocycles. The van der Waals surface area contributed by atoms with E-state index in [2.05, 4.69) is 49.9 Å². The Hall–Kier alpha value is -10.0. The minimum absolute atomic E-state index is 0.0593. The first kappa shape index (κ1) is 112. The second-order valence-corrected chi connectivity index (χ2v) is 38.9. The average molecular weight is 1940 g/mol.